The average Bonchev–Trinajstić information content (AvgIpc) is 3.91. The Kier molecular flexibility index (Phi) is 9.71. The molecule has 2 aliphatic heterocycles. The molecule has 0 spiro atoms. The molecule has 2 fully saturated rings. The first-order chi connectivity index (χ1) is 21.9. The summed E-state index contributed by atoms with van der Waals surface area (Å²) in [6, 6.07) is 15.5. The molecule has 2 saturated carbocycles. The molecule has 236 valence electrons. The number of ketones is 1. The molecule has 0 amide bonds. The van der Waals surface area contributed by atoms with Crippen molar-refractivity contribution in [1.29, 1.82) is 5.26 Å². The number of fused-ring (bicyclic) bond motifs is 1. The van der Waals surface area contributed by atoms with E-state index >= 15 is 0 Å². The molecule has 0 unspecified atom stereocenters. The highest BCUT2D eigenvalue weighted by atomic mass is 16.5. The summed E-state index contributed by atoms with van der Waals surface area (Å²) in [7, 11) is 1.84. The number of carbonyl (C=O) groups is 1. The number of aliphatic imine (C=N–C) groups is 1. The summed E-state index contributed by atoms with van der Waals surface area (Å²) >= 11 is 0. The van der Waals surface area contributed by atoms with Gasteiger partial charge >= 0.3 is 0 Å². The Labute approximate surface area is 270 Å². The second-order valence-electron chi connectivity index (χ2n) is 14.1. The molecular formula is C40H49N3O2. The van der Waals surface area contributed by atoms with E-state index in [4.69, 9.17) is 4.74 Å². The van der Waals surface area contributed by atoms with Crippen molar-refractivity contribution in [3.05, 3.63) is 76.4 Å². The highest BCUT2D eigenvalue weighted by molar-refractivity contribution is 5.98. The van der Waals surface area contributed by atoms with Crippen molar-refractivity contribution in [2.75, 3.05) is 20.2 Å². The first kappa shape index (κ1) is 31.5. The van der Waals surface area contributed by atoms with Crippen LogP contribution < -0.4 is 0 Å². The second-order valence-corrected chi connectivity index (χ2v) is 14.1. The van der Waals surface area contributed by atoms with Crippen molar-refractivity contribution in [3.8, 4) is 17.2 Å². The minimum absolute atomic E-state index is 0.292. The first-order valence-electron chi connectivity index (χ1n) is 17.3. The summed E-state index contributed by atoms with van der Waals surface area (Å²) in [6.45, 7) is 7.05. The third-order valence-electron chi connectivity index (χ3n) is 10.7. The molecule has 0 N–H and O–H groups in total. The third-order valence-corrected chi connectivity index (χ3v) is 10.7. The smallest absolute Gasteiger partial charge is 0.161 e. The molecule has 2 aliphatic carbocycles. The van der Waals surface area contributed by atoms with Crippen LogP contribution in [0.4, 0.5) is 0 Å². The van der Waals surface area contributed by atoms with E-state index in [1.165, 1.54) is 42.5 Å². The number of Topliss-reactive ketones (excluding diaryl/α,β-unsaturated/α-hetero) is 1. The van der Waals surface area contributed by atoms with Crippen molar-refractivity contribution < 1.29 is 9.53 Å². The maximum Gasteiger partial charge on any atom is 0.161 e. The predicted octanol–water partition coefficient (Wildman–Crippen LogP) is 9.01. The highest BCUT2D eigenvalue weighted by Crippen LogP contribution is 2.45. The van der Waals surface area contributed by atoms with Crippen LogP contribution in [-0.2, 0) is 21.7 Å². The molecule has 6 rings (SSSR count). The topological polar surface area (TPSA) is 65.7 Å². The molecule has 0 atom stereocenters. The molecule has 45 heavy (non-hydrogen) atoms. The van der Waals surface area contributed by atoms with Crippen LogP contribution in [0.15, 0.2) is 59.1 Å². The maximum atomic E-state index is 12.7. The lowest BCUT2D eigenvalue weighted by Gasteiger charge is -2.40. The van der Waals surface area contributed by atoms with Gasteiger partial charge < -0.3 is 9.64 Å². The Morgan fingerprint density at radius 3 is 2.64 bits per heavy atom. The summed E-state index contributed by atoms with van der Waals surface area (Å²) in [5, 5.41) is 10.4. The second kappa shape index (κ2) is 13.9. The van der Waals surface area contributed by atoms with Gasteiger partial charge in [-0.25, -0.2) is 0 Å². The minimum Gasteiger partial charge on any atom is -0.374 e. The summed E-state index contributed by atoms with van der Waals surface area (Å²) in [5.74, 6) is 2.21. The van der Waals surface area contributed by atoms with E-state index in [1.807, 2.05) is 13.3 Å². The lowest BCUT2D eigenvalue weighted by Crippen LogP contribution is -2.34. The van der Waals surface area contributed by atoms with Gasteiger partial charge in [0.1, 0.15) is 0 Å². The van der Waals surface area contributed by atoms with Gasteiger partial charge in [-0.3, -0.25) is 9.79 Å². The standard InChI is InChI=1S/C40H49N3O2/c1-28(2)8-9-29-16-19-40(45-3,20-17-29)35-14-15-36(34(24-35)26-41)32-12-13-33-27-42-21-18-38(37(33)25-32)43-22-4-6-30(7-5-23-43)39(44)31-10-11-31/h6,12-15,18,21,24-25,28-29,31H,4-5,7-11,16-17,19-20,22-23,27H2,1-3H3/b30-6-. The lowest BCUT2D eigenvalue weighted by atomic mass is 9.73. The molecule has 4 aliphatic rings. The van der Waals surface area contributed by atoms with Crippen LogP contribution in [0.3, 0.4) is 0 Å². The van der Waals surface area contributed by atoms with Gasteiger partial charge in [-0.2, -0.15) is 5.26 Å². The quantitative estimate of drug-likeness (QED) is 0.287. The lowest BCUT2D eigenvalue weighted by molar-refractivity contribution is -0.116. The average molecular weight is 604 g/mol. The van der Waals surface area contributed by atoms with Crippen LogP contribution >= 0.6 is 0 Å². The van der Waals surface area contributed by atoms with Crippen molar-refractivity contribution in [2.24, 2.45) is 22.7 Å². The van der Waals surface area contributed by atoms with Gasteiger partial charge in [-0.1, -0.05) is 57.0 Å². The predicted molar refractivity (Wildman–Crippen MR) is 183 cm³/mol. The third kappa shape index (κ3) is 7.02. The zero-order chi connectivity index (χ0) is 31.4. The Morgan fingerprint density at radius 2 is 1.91 bits per heavy atom. The van der Waals surface area contributed by atoms with Crippen LogP contribution in [0.1, 0.15) is 107 Å². The number of allylic oxidation sites excluding steroid dienone is 2. The summed E-state index contributed by atoms with van der Waals surface area (Å²) in [4.78, 5) is 19.8. The fraction of sp³-hybridized carbons (Fsp3) is 0.525. The van der Waals surface area contributed by atoms with E-state index in [9.17, 15) is 10.1 Å². The van der Waals surface area contributed by atoms with Crippen LogP contribution in [0.2, 0.25) is 0 Å². The Hall–Kier alpha value is -3.49. The molecule has 2 aromatic rings. The van der Waals surface area contributed by atoms with E-state index in [0.717, 1.165) is 92.1 Å². The number of hydrogen-bond acceptors (Lipinski definition) is 5. The molecule has 2 aromatic carbocycles. The van der Waals surface area contributed by atoms with Crippen LogP contribution in [0, 0.1) is 29.1 Å². The van der Waals surface area contributed by atoms with Gasteiger partial charge in [0.25, 0.3) is 0 Å². The first-order valence-corrected chi connectivity index (χ1v) is 17.3. The number of carbonyl (C=O) groups excluding carboxylic acids is 1. The number of rotatable bonds is 9. The Balaban J connectivity index is 1.24. The van der Waals surface area contributed by atoms with Crippen LogP contribution in [0.25, 0.3) is 16.8 Å². The van der Waals surface area contributed by atoms with Crippen molar-refractivity contribution in [2.45, 2.75) is 96.6 Å². The zero-order valence-corrected chi connectivity index (χ0v) is 27.5. The molecule has 5 nitrogen and oxygen atoms in total. The number of methoxy groups -OCH3 is 1. The van der Waals surface area contributed by atoms with Gasteiger partial charge in [0.2, 0.25) is 0 Å². The summed E-state index contributed by atoms with van der Waals surface area (Å²) in [6.07, 6.45) is 18.1. The SMILES string of the molecule is COC1(c2ccc(-c3ccc4c(c3)C(N3CC/C=C(\C(=O)C5CC5)CCC3)=CC=NC4)c(C#N)c2)CCC(CCC(C)C)CC1. The zero-order valence-electron chi connectivity index (χ0n) is 27.5. The summed E-state index contributed by atoms with van der Waals surface area (Å²) in [5.41, 5.74) is 8.15. The van der Waals surface area contributed by atoms with E-state index in [2.05, 4.69) is 78.4 Å². The fourth-order valence-corrected chi connectivity index (χ4v) is 7.69. The van der Waals surface area contributed by atoms with Crippen LogP contribution in [0.5, 0.6) is 0 Å². The van der Waals surface area contributed by atoms with Gasteiger partial charge in [0.05, 0.1) is 23.8 Å². The van der Waals surface area contributed by atoms with Crippen molar-refractivity contribution in [3.63, 3.8) is 0 Å². The van der Waals surface area contributed by atoms with Crippen molar-refractivity contribution in [1.82, 2.24) is 4.90 Å². The number of nitriles is 1. The van der Waals surface area contributed by atoms with Gasteiger partial charge in [-0.05, 0) is 116 Å². The highest BCUT2D eigenvalue weighted by Gasteiger charge is 2.37. The molecule has 0 radical (unpaired) electrons. The number of benzene rings is 2. The maximum absolute atomic E-state index is 12.7. The number of nitrogens with zero attached hydrogens (tertiary/aromatic N) is 3. The molecule has 5 heteroatoms. The monoisotopic (exact) mass is 603 g/mol. The van der Waals surface area contributed by atoms with Gasteiger partial charge in [0.15, 0.2) is 5.78 Å². The largest absolute Gasteiger partial charge is 0.374 e. The normalized spacial score (nSPS) is 24.9. The number of ether oxygens (including phenoxy) is 1. The van der Waals surface area contributed by atoms with E-state index < -0.39 is 0 Å². The van der Waals surface area contributed by atoms with E-state index in [-0.39, 0.29) is 5.60 Å². The fourth-order valence-electron chi connectivity index (χ4n) is 7.69. The number of hydrogen-bond donors (Lipinski definition) is 0. The van der Waals surface area contributed by atoms with E-state index in [1.54, 1.807) is 0 Å². The molecule has 0 saturated heterocycles. The van der Waals surface area contributed by atoms with Gasteiger partial charge in [0, 0.05) is 43.6 Å². The Bertz CT molecular complexity index is 1530. The van der Waals surface area contributed by atoms with Gasteiger partial charge in [-0.15, -0.1) is 0 Å². The molecule has 2 heterocycles. The molecule has 0 bridgehead atoms. The van der Waals surface area contributed by atoms with E-state index in [0.29, 0.717) is 23.8 Å². The summed E-state index contributed by atoms with van der Waals surface area (Å²) < 4.78 is 6.25. The molecular weight excluding hydrogens is 554 g/mol. The van der Waals surface area contributed by atoms with Crippen LogP contribution in [-0.4, -0.2) is 37.1 Å². The Morgan fingerprint density at radius 1 is 1.09 bits per heavy atom. The van der Waals surface area contributed by atoms with Crippen molar-refractivity contribution >= 4 is 17.7 Å². The minimum atomic E-state index is -0.317. The molecule has 0 aromatic heterocycles.